The van der Waals surface area contributed by atoms with Gasteiger partial charge >= 0.3 is 6.18 Å². The van der Waals surface area contributed by atoms with Gasteiger partial charge in [-0.2, -0.15) is 13.2 Å². The van der Waals surface area contributed by atoms with Crippen LogP contribution in [0.2, 0.25) is 0 Å². The van der Waals surface area contributed by atoms with Crippen LogP contribution in [0.1, 0.15) is 49.3 Å². The van der Waals surface area contributed by atoms with Gasteiger partial charge in [-0.1, -0.05) is 26.0 Å². The Balaban J connectivity index is 2.06. The highest BCUT2D eigenvalue weighted by Crippen LogP contribution is 2.38. The standard InChI is InChI=1S/C20H23F5N2O/c1-12(2)16-17(20(23,24)25)14-5-4-13(10-15(14)26(3)18(16)28)11-27-8-6-19(21,22)7-9-27/h4-5,10,12H,6-9,11H2,1-3H3. The Morgan fingerprint density at radius 1 is 1.14 bits per heavy atom. The van der Waals surface area contributed by atoms with E-state index in [1.165, 1.54) is 17.7 Å². The molecule has 2 aromatic rings. The Labute approximate surface area is 159 Å². The normalized spacial score (nSPS) is 18.2. The predicted molar refractivity (Wildman–Crippen MR) is 97.7 cm³/mol. The van der Waals surface area contributed by atoms with E-state index < -0.39 is 29.1 Å². The van der Waals surface area contributed by atoms with Gasteiger partial charge in [0, 0.05) is 50.5 Å². The number of aromatic nitrogens is 1. The molecule has 1 saturated heterocycles. The highest BCUT2D eigenvalue weighted by molar-refractivity contribution is 5.85. The summed E-state index contributed by atoms with van der Waals surface area (Å²) in [5.41, 5.74) is -0.900. The third kappa shape index (κ3) is 3.92. The first kappa shape index (κ1) is 20.8. The molecule has 3 nitrogen and oxygen atoms in total. The summed E-state index contributed by atoms with van der Waals surface area (Å²) in [5, 5.41) is -0.0211. The van der Waals surface area contributed by atoms with Crippen LogP contribution in [-0.4, -0.2) is 28.5 Å². The van der Waals surface area contributed by atoms with Crippen LogP contribution in [0, 0.1) is 0 Å². The second-order valence-electron chi connectivity index (χ2n) is 7.79. The summed E-state index contributed by atoms with van der Waals surface area (Å²) in [4.78, 5) is 14.5. The summed E-state index contributed by atoms with van der Waals surface area (Å²) in [6.45, 7) is 3.94. The maximum Gasteiger partial charge on any atom is 0.417 e. The molecule has 1 aromatic heterocycles. The highest BCUT2D eigenvalue weighted by Gasteiger charge is 2.38. The van der Waals surface area contributed by atoms with Gasteiger partial charge in [0.25, 0.3) is 11.5 Å². The Kier molecular flexibility index (Phi) is 5.29. The zero-order chi connectivity index (χ0) is 20.9. The average molecular weight is 402 g/mol. The first-order valence-electron chi connectivity index (χ1n) is 9.23. The summed E-state index contributed by atoms with van der Waals surface area (Å²) in [6.07, 6.45) is -5.10. The number of likely N-dealkylation sites (tertiary alicyclic amines) is 1. The molecule has 0 amide bonds. The SMILES string of the molecule is CC(C)c1c(C(F)(F)F)c2ccc(CN3CCC(F)(F)CC3)cc2n(C)c1=O. The number of nitrogens with zero attached hydrogens (tertiary/aromatic N) is 2. The zero-order valence-electron chi connectivity index (χ0n) is 16.0. The molecule has 0 atom stereocenters. The summed E-state index contributed by atoms with van der Waals surface area (Å²) in [6, 6.07) is 4.53. The van der Waals surface area contributed by atoms with Gasteiger partial charge in [0.2, 0.25) is 0 Å². The molecule has 0 aliphatic carbocycles. The molecule has 1 fully saturated rings. The molecule has 3 rings (SSSR count). The fraction of sp³-hybridized carbons (Fsp3) is 0.550. The number of fused-ring (bicyclic) bond motifs is 1. The van der Waals surface area contributed by atoms with E-state index in [1.807, 2.05) is 4.90 Å². The van der Waals surface area contributed by atoms with Crippen molar-refractivity contribution in [2.75, 3.05) is 13.1 Å². The number of hydrogen-bond acceptors (Lipinski definition) is 2. The van der Waals surface area contributed by atoms with Crippen molar-refractivity contribution in [3.63, 3.8) is 0 Å². The van der Waals surface area contributed by atoms with E-state index in [0.717, 1.165) is 0 Å². The predicted octanol–water partition coefficient (Wildman–Crippen LogP) is 4.91. The Bertz CT molecular complexity index is 936. The first-order chi connectivity index (χ1) is 12.9. The number of halogens is 5. The van der Waals surface area contributed by atoms with Crippen LogP contribution in [0.3, 0.4) is 0 Å². The van der Waals surface area contributed by atoms with Crippen molar-refractivity contribution in [1.29, 1.82) is 0 Å². The van der Waals surface area contributed by atoms with Crippen LogP contribution in [0.15, 0.2) is 23.0 Å². The molecule has 28 heavy (non-hydrogen) atoms. The van der Waals surface area contributed by atoms with Crippen molar-refractivity contribution < 1.29 is 22.0 Å². The topological polar surface area (TPSA) is 25.2 Å². The lowest BCUT2D eigenvalue weighted by molar-refractivity contribution is -0.137. The van der Waals surface area contributed by atoms with E-state index in [9.17, 15) is 26.7 Å². The summed E-state index contributed by atoms with van der Waals surface area (Å²) in [5.74, 6) is -3.23. The quantitative estimate of drug-likeness (QED) is 0.682. The smallest absolute Gasteiger partial charge is 0.311 e. The van der Waals surface area contributed by atoms with Gasteiger partial charge in [0.1, 0.15) is 0 Å². The number of rotatable bonds is 3. The van der Waals surface area contributed by atoms with Crippen LogP contribution in [0.5, 0.6) is 0 Å². The number of aryl methyl sites for hydroxylation is 1. The first-order valence-corrected chi connectivity index (χ1v) is 9.23. The van der Waals surface area contributed by atoms with Crippen molar-refractivity contribution in [2.24, 2.45) is 7.05 Å². The van der Waals surface area contributed by atoms with Crippen LogP contribution in [-0.2, 0) is 19.8 Å². The number of piperidine rings is 1. The monoisotopic (exact) mass is 402 g/mol. The van der Waals surface area contributed by atoms with Crippen LogP contribution >= 0.6 is 0 Å². The molecule has 0 bridgehead atoms. The summed E-state index contributed by atoms with van der Waals surface area (Å²) < 4.78 is 69.2. The largest absolute Gasteiger partial charge is 0.417 e. The minimum Gasteiger partial charge on any atom is -0.311 e. The Hall–Kier alpha value is -1.96. The molecule has 8 heteroatoms. The van der Waals surface area contributed by atoms with E-state index in [1.54, 1.807) is 26.0 Å². The maximum absolute atomic E-state index is 13.8. The van der Waals surface area contributed by atoms with Gasteiger partial charge < -0.3 is 4.57 Å². The summed E-state index contributed by atoms with van der Waals surface area (Å²) in [7, 11) is 1.46. The van der Waals surface area contributed by atoms with E-state index in [0.29, 0.717) is 12.1 Å². The molecule has 1 aromatic carbocycles. The molecular formula is C20H23F5N2O. The number of benzene rings is 1. The third-order valence-corrected chi connectivity index (χ3v) is 5.35. The number of alkyl halides is 5. The van der Waals surface area contributed by atoms with Gasteiger partial charge in [-0.15, -0.1) is 0 Å². The lowest BCUT2D eigenvalue weighted by Gasteiger charge is -2.31. The molecule has 0 saturated carbocycles. The van der Waals surface area contributed by atoms with Crippen molar-refractivity contribution >= 4 is 10.9 Å². The minimum atomic E-state index is -4.65. The van der Waals surface area contributed by atoms with Crippen molar-refractivity contribution in [1.82, 2.24) is 9.47 Å². The number of hydrogen-bond donors (Lipinski definition) is 0. The molecule has 1 aliphatic heterocycles. The van der Waals surface area contributed by atoms with Crippen LogP contribution in [0.25, 0.3) is 10.9 Å². The van der Waals surface area contributed by atoms with Crippen LogP contribution < -0.4 is 5.56 Å². The fourth-order valence-corrected chi connectivity index (χ4v) is 3.84. The Morgan fingerprint density at radius 3 is 2.29 bits per heavy atom. The molecule has 0 N–H and O–H groups in total. The van der Waals surface area contributed by atoms with Crippen molar-refractivity contribution in [3.05, 3.63) is 45.2 Å². The molecular weight excluding hydrogens is 379 g/mol. The minimum absolute atomic E-state index is 0.0211. The molecule has 2 heterocycles. The van der Waals surface area contributed by atoms with Crippen molar-refractivity contribution in [2.45, 2.75) is 51.3 Å². The highest BCUT2D eigenvalue weighted by atomic mass is 19.4. The van der Waals surface area contributed by atoms with Crippen molar-refractivity contribution in [3.8, 4) is 0 Å². The van der Waals surface area contributed by atoms with E-state index in [2.05, 4.69) is 0 Å². The van der Waals surface area contributed by atoms with Gasteiger partial charge in [0.05, 0.1) is 11.1 Å². The third-order valence-electron chi connectivity index (χ3n) is 5.35. The number of pyridine rings is 1. The average Bonchev–Trinajstić information content (AvgIpc) is 2.58. The van der Waals surface area contributed by atoms with Gasteiger partial charge in [-0.25, -0.2) is 8.78 Å². The second kappa shape index (κ2) is 7.13. The lowest BCUT2D eigenvalue weighted by atomic mass is 9.94. The molecule has 154 valence electrons. The summed E-state index contributed by atoms with van der Waals surface area (Å²) >= 11 is 0. The van der Waals surface area contributed by atoms with Gasteiger partial charge in [0.15, 0.2) is 0 Å². The second-order valence-corrected chi connectivity index (χ2v) is 7.79. The molecule has 0 radical (unpaired) electrons. The van der Waals surface area contributed by atoms with Gasteiger partial charge in [-0.3, -0.25) is 9.69 Å². The fourth-order valence-electron chi connectivity index (χ4n) is 3.84. The molecule has 1 aliphatic rings. The maximum atomic E-state index is 13.8. The van der Waals surface area contributed by atoms with E-state index in [4.69, 9.17) is 0 Å². The van der Waals surface area contributed by atoms with E-state index >= 15 is 0 Å². The van der Waals surface area contributed by atoms with Gasteiger partial charge in [-0.05, 0) is 17.5 Å². The molecule has 0 spiro atoms. The molecule has 0 unspecified atom stereocenters. The lowest BCUT2D eigenvalue weighted by Crippen LogP contribution is -2.38. The Morgan fingerprint density at radius 2 is 1.75 bits per heavy atom. The van der Waals surface area contributed by atoms with Crippen LogP contribution in [0.4, 0.5) is 22.0 Å². The zero-order valence-corrected chi connectivity index (χ0v) is 16.0. The van der Waals surface area contributed by atoms with E-state index in [-0.39, 0.29) is 42.4 Å².